The Hall–Kier alpha value is -4.82. The van der Waals surface area contributed by atoms with Crippen molar-refractivity contribution in [1.82, 2.24) is 19.4 Å². The lowest BCUT2D eigenvalue weighted by Crippen LogP contribution is -2.35. The maximum absolute atomic E-state index is 15.4. The van der Waals surface area contributed by atoms with Gasteiger partial charge in [-0.1, -0.05) is 0 Å². The number of benzene rings is 1. The van der Waals surface area contributed by atoms with Crippen molar-refractivity contribution in [3.63, 3.8) is 0 Å². The zero-order valence-corrected chi connectivity index (χ0v) is 23.4. The van der Waals surface area contributed by atoms with Crippen LogP contribution in [0.5, 0.6) is 0 Å². The van der Waals surface area contributed by atoms with Gasteiger partial charge in [-0.2, -0.15) is 0 Å². The molecule has 11 heteroatoms. The molecule has 212 valence electrons. The third-order valence-electron chi connectivity index (χ3n) is 9.04. The Bertz CT molecular complexity index is 1950. The second-order valence-corrected chi connectivity index (χ2v) is 11.4. The predicted octanol–water partition coefficient (Wildman–Crippen LogP) is 4.14. The van der Waals surface area contributed by atoms with Crippen molar-refractivity contribution in [1.29, 1.82) is 0 Å². The highest BCUT2D eigenvalue weighted by molar-refractivity contribution is 6.02. The number of carboxylic acids is 1. The van der Waals surface area contributed by atoms with Crippen LogP contribution in [-0.4, -0.2) is 70.3 Å². The minimum absolute atomic E-state index is 0.0288. The summed E-state index contributed by atoms with van der Waals surface area (Å²) in [5.41, 5.74) is 5.08. The largest absolute Gasteiger partial charge is 0.477 e. The van der Waals surface area contributed by atoms with E-state index in [1.54, 1.807) is 32.6 Å². The molecule has 2 atom stereocenters. The van der Waals surface area contributed by atoms with Crippen LogP contribution in [0.25, 0.3) is 38.1 Å². The van der Waals surface area contributed by atoms with Gasteiger partial charge in [-0.15, -0.1) is 0 Å². The van der Waals surface area contributed by atoms with Crippen molar-refractivity contribution in [3.8, 4) is 22.3 Å². The second-order valence-electron chi connectivity index (χ2n) is 11.4. The minimum Gasteiger partial charge on any atom is -0.477 e. The minimum atomic E-state index is -1.30. The number of fused-ring (bicyclic) bond motifs is 5. The van der Waals surface area contributed by atoms with E-state index in [4.69, 9.17) is 11.6 Å². The maximum Gasteiger partial charge on any atom is 0.341 e. The van der Waals surface area contributed by atoms with Gasteiger partial charge >= 0.3 is 5.97 Å². The lowest BCUT2D eigenvalue weighted by atomic mass is 9.95. The van der Waals surface area contributed by atoms with Gasteiger partial charge in [0.05, 0.1) is 23.3 Å². The van der Waals surface area contributed by atoms with Gasteiger partial charge in [0, 0.05) is 92.7 Å². The van der Waals surface area contributed by atoms with Gasteiger partial charge < -0.3 is 24.8 Å². The highest BCUT2D eigenvalue weighted by Gasteiger charge is 2.43. The molecule has 42 heavy (non-hydrogen) atoms. The van der Waals surface area contributed by atoms with Crippen LogP contribution in [0.15, 0.2) is 35.5 Å². The van der Waals surface area contributed by atoms with Crippen molar-refractivity contribution in [2.45, 2.75) is 18.9 Å². The molecule has 1 aromatic carbocycles. The van der Waals surface area contributed by atoms with Crippen LogP contribution in [-0.2, 0) is 13.5 Å². The highest BCUT2D eigenvalue weighted by atomic mass is 19.1. The van der Waals surface area contributed by atoms with E-state index in [0.29, 0.717) is 40.4 Å². The summed E-state index contributed by atoms with van der Waals surface area (Å²) >= 11 is 0. The number of anilines is 2. The number of likely N-dealkylation sites (tertiary alicyclic amines) is 1. The fourth-order valence-electron chi connectivity index (χ4n) is 7.19. The van der Waals surface area contributed by atoms with E-state index in [1.165, 1.54) is 16.8 Å². The summed E-state index contributed by atoms with van der Waals surface area (Å²) in [5.74, 6) is -1.43. The molecule has 2 fully saturated rings. The summed E-state index contributed by atoms with van der Waals surface area (Å²) in [5, 5.41) is 12.9. The van der Waals surface area contributed by atoms with Gasteiger partial charge in [-0.3, -0.25) is 9.78 Å². The molecule has 3 aliphatic rings. The number of carboxylic acid groups (broad SMARTS) is 1. The molecule has 0 spiro atoms. The van der Waals surface area contributed by atoms with E-state index in [2.05, 4.69) is 32.0 Å². The van der Waals surface area contributed by atoms with Crippen LogP contribution in [0.4, 0.5) is 21.5 Å². The van der Waals surface area contributed by atoms with Gasteiger partial charge in [-0.25, -0.2) is 19.0 Å². The third-order valence-corrected chi connectivity index (χ3v) is 9.04. The van der Waals surface area contributed by atoms with E-state index in [9.17, 15) is 14.7 Å². The Balaban J connectivity index is 1.54. The molecule has 7 rings (SSSR count). The van der Waals surface area contributed by atoms with E-state index in [1.807, 2.05) is 0 Å². The van der Waals surface area contributed by atoms with E-state index >= 15 is 4.39 Å². The Morgan fingerprint density at radius 2 is 2.00 bits per heavy atom. The van der Waals surface area contributed by atoms with Gasteiger partial charge in [-0.05, 0) is 37.1 Å². The zero-order chi connectivity index (χ0) is 29.4. The van der Waals surface area contributed by atoms with Crippen LogP contribution in [0, 0.1) is 18.3 Å². The number of nitrogens with one attached hydrogen (secondary N) is 1. The lowest BCUT2D eigenvalue weighted by molar-refractivity contribution is 0.0695. The van der Waals surface area contributed by atoms with E-state index < -0.39 is 17.2 Å². The van der Waals surface area contributed by atoms with Crippen LogP contribution in [0.2, 0.25) is 0 Å². The first kappa shape index (κ1) is 26.1. The average Bonchev–Trinajstić information content (AvgIpc) is 3.66. The Morgan fingerprint density at radius 3 is 2.74 bits per heavy atom. The lowest BCUT2D eigenvalue weighted by Gasteiger charge is -2.31. The summed E-state index contributed by atoms with van der Waals surface area (Å²) in [6.45, 7) is 10.5. The summed E-state index contributed by atoms with van der Waals surface area (Å²) in [7, 11) is 5.50. The number of hydrogen-bond acceptors (Lipinski definition) is 7. The van der Waals surface area contributed by atoms with Gasteiger partial charge in [0.25, 0.3) is 0 Å². The number of carbonyl (C=O) groups is 1. The molecule has 0 saturated carbocycles. The molecule has 2 saturated heterocycles. The fourth-order valence-corrected chi connectivity index (χ4v) is 7.19. The van der Waals surface area contributed by atoms with Crippen molar-refractivity contribution in [2.24, 2.45) is 13.0 Å². The number of pyridine rings is 3. The molecule has 10 nitrogen and oxygen atoms in total. The number of rotatable bonds is 4. The number of hydrogen-bond donors (Lipinski definition) is 2. The summed E-state index contributed by atoms with van der Waals surface area (Å²) < 4.78 is 16.9. The monoisotopic (exact) mass is 565 g/mol. The number of aryl methyl sites for hydroxylation is 1. The fraction of sp³-hybridized carbons (Fsp3) is 0.323. The van der Waals surface area contributed by atoms with Gasteiger partial charge in [0.15, 0.2) is 0 Å². The summed E-state index contributed by atoms with van der Waals surface area (Å²) in [4.78, 5) is 42.8. The molecule has 1 unspecified atom stereocenters. The van der Waals surface area contributed by atoms with Crippen molar-refractivity contribution in [2.75, 3.05) is 43.9 Å². The number of halogens is 1. The summed E-state index contributed by atoms with van der Waals surface area (Å²) in [6.07, 6.45) is 6.17. The van der Waals surface area contributed by atoms with Crippen LogP contribution in [0.3, 0.4) is 0 Å². The van der Waals surface area contributed by atoms with E-state index in [-0.39, 0.29) is 22.7 Å². The molecule has 2 N–H and O–H groups in total. The standard InChI is InChI=1S/C31H28FN7O3/c1-33-22-9-21(32)27(34-2)25-17(22)8-23-26(25)28(39-6-5-15-12-37(3)14-24(15)39)19(11-35-23)16-7-18-29(40)20(31(41)42)13-38(4)30(18)36-10-16/h7,9-11,13,15,24,33H,5-6,8,12,14H2,1,3-4H3,(H,41,42)/t15-,24?/m0/s1. The van der Waals surface area contributed by atoms with Crippen molar-refractivity contribution in [3.05, 3.63) is 75.0 Å². The van der Waals surface area contributed by atoms with Gasteiger partial charge in [0.2, 0.25) is 11.1 Å². The maximum atomic E-state index is 15.4. The molecule has 0 bridgehead atoms. The zero-order valence-electron chi connectivity index (χ0n) is 23.4. The quantitative estimate of drug-likeness (QED) is 0.313. The molecule has 1 aliphatic carbocycles. The Labute approximate surface area is 240 Å². The first-order valence-electron chi connectivity index (χ1n) is 13.8. The molecule has 5 heterocycles. The normalized spacial score (nSPS) is 19.1. The first-order chi connectivity index (χ1) is 20.2. The predicted molar refractivity (Wildman–Crippen MR) is 158 cm³/mol. The smallest absolute Gasteiger partial charge is 0.341 e. The number of aromatic carboxylic acids is 1. The molecule has 2 aliphatic heterocycles. The molecular formula is C31H28FN7O3. The number of likely N-dealkylation sites (N-methyl/N-ethyl adjacent to an activating group) is 1. The topological polar surface area (TPSA) is 108 Å². The van der Waals surface area contributed by atoms with E-state index in [0.717, 1.165) is 48.6 Å². The average molecular weight is 566 g/mol. The second kappa shape index (κ2) is 9.36. The molecular weight excluding hydrogens is 537 g/mol. The molecule has 4 aromatic rings. The van der Waals surface area contributed by atoms with Crippen molar-refractivity contribution >= 4 is 34.1 Å². The summed E-state index contributed by atoms with van der Waals surface area (Å²) in [6, 6.07) is 3.27. The Morgan fingerprint density at radius 1 is 1.19 bits per heavy atom. The van der Waals surface area contributed by atoms with Crippen LogP contribution in [0.1, 0.15) is 28.0 Å². The third kappa shape index (κ3) is 3.65. The van der Waals surface area contributed by atoms with Crippen LogP contribution < -0.4 is 15.6 Å². The number of aromatic nitrogens is 3. The van der Waals surface area contributed by atoms with Crippen LogP contribution >= 0.6 is 0 Å². The van der Waals surface area contributed by atoms with Crippen molar-refractivity contribution < 1.29 is 14.3 Å². The first-order valence-corrected chi connectivity index (χ1v) is 13.8. The SMILES string of the molecule is [C-]#[N+]c1c(F)cc(NC)c2c1-c1c(ncc(-c3cnc4c(c3)c(=O)c(C(=O)O)cn4C)c1N1CC[C@H]3CN(C)CC31)C2. The number of nitrogens with zero attached hydrogens (tertiary/aromatic N) is 6. The van der Waals surface area contributed by atoms with Gasteiger partial charge in [0.1, 0.15) is 17.0 Å². The molecule has 0 amide bonds. The highest BCUT2D eigenvalue weighted by Crippen LogP contribution is 2.54. The Kier molecular flexibility index (Phi) is 5.81. The molecule has 3 aromatic heterocycles. The molecule has 0 radical (unpaired) electrons.